The highest BCUT2D eigenvalue weighted by Gasteiger charge is 2.04. The van der Waals surface area contributed by atoms with Crippen LogP contribution in [0.2, 0.25) is 0 Å². The maximum Gasteiger partial charge on any atom is 0.321 e. The molecule has 6 heteroatoms. The Balaban J connectivity index is 2.47. The number of carbonyl (C=O) groups excluding carboxylic acids is 1. The first-order valence-electron chi connectivity index (χ1n) is 5.19. The number of carbonyl (C=O) groups is 1. The molecule has 0 aliphatic carbocycles. The number of ether oxygens (including phenoxy) is 2. The van der Waals surface area contributed by atoms with Gasteiger partial charge in [0.2, 0.25) is 5.88 Å². The molecule has 1 heterocycles. The number of urea groups is 1. The molecule has 0 aromatic carbocycles. The molecule has 94 valence electrons. The molecule has 0 bridgehead atoms. The molecule has 1 N–H and O–H groups in total. The summed E-state index contributed by atoms with van der Waals surface area (Å²) in [7, 11) is 4.95. The third-order valence-corrected chi connectivity index (χ3v) is 1.93. The minimum atomic E-state index is -0.195. The monoisotopic (exact) mass is 239 g/mol. The van der Waals surface area contributed by atoms with E-state index in [4.69, 9.17) is 9.47 Å². The zero-order chi connectivity index (χ0) is 12.7. The van der Waals surface area contributed by atoms with E-state index in [2.05, 4.69) is 10.3 Å². The fourth-order valence-corrected chi connectivity index (χ4v) is 1.00. The van der Waals surface area contributed by atoms with Crippen LogP contribution in [0.1, 0.15) is 0 Å². The number of anilines is 1. The Morgan fingerprint density at radius 3 is 2.71 bits per heavy atom. The summed E-state index contributed by atoms with van der Waals surface area (Å²) in [4.78, 5) is 16.8. The number of nitrogens with one attached hydrogen (secondary N) is 1. The SMILES string of the molecule is COCCOc1ccc(NC(=O)N(C)C)cn1. The minimum Gasteiger partial charge on any atom is -0.475 e. The van der Waals surface area contributed by atoms with Crippen LogP contribution in [0.25, 0.3) is 0 Å². The number of amides is 2. The molecule has 2 amide bonds. The second kappa shape index (κ2) is 6.70. The van der Waals surface area contributed by atoms with Gasteiger partial charge in [0, 0.05) is 27.3 Å². The van der Waals surface area contributed by atoms with Crippen molar-refractivity contribution >= 4 is 11.7 Å². The molecule has 6 nitrogen and oxygen atoms in total. The van der Waals surface area contributed by atoms with Gasteiger partial charge < -0.3 is 19.7 Å². The average Bonchev–Trinajstić information content (AvgIpc) is 2.31. The van der Waals surface area contributed by atoms with Crippen LogP contribution in [0, 0.1) is 0 Å². The third kappa shape index (κ3) is 4.69. The number of aromatic nitrogens is 1. The molecule has 0 saturated heterocycles. The molecule has 0 radical (unpaired) electrons. The van der Waals surface area contributed by atoms with Crippen molar-refractivity contribution in [1.82, 2.24) is 9.88 Å². The Kier molecular flexibility index (Phi) is 5.22. The number of pyridine rings is 1. The molecule has 1 aromatic heterocycles. The lowest BCUT2D eigenvalue weighted by Crippen LogP contribution is -2.27. The van der Waals surface area contributed by atoms with Crippen molar-refractivity contribution in [2.45, 2.75) is 0 Å². The van der Waals surface area contributed by atoms with Gasteiger partial charge in [0.05, 0.1) is 18.5 Å². The van der Waals surface area contributed by atoms with E-state index in [9.17, 15) is 4.79 Å². The quantitative estimate of drug-likeness (QED) is 0.784. The fraction of sp³-hybridized carbons (Fsp3) is 0.455. The van der Waals surface area contributed by atoms with E-state index in [1.807, 2.05) is 0 Å². The van der Waals surface area contributed by atoms with E-state index in [0.29, 0.717) is 24.8 Å². The first-order chi connectivity index (χ1) is 8.13. The largest absolute Gasteiger partial charge is 0.475 e. The number of nitrogens with zero attached hydrogens (tertiary/aromatic N) is 2. The summed E-state index contributed by atoms with van der Waals surface area (Å²) in [6.45, 7) is 0.966. The predicted molar refractivity (Wildman–Crippen MR) is 64.3 cm³/mol. The Labute approximate surface area is 101 Å². The van der Waals surface area contributed by atoms with E-state index in [-0.39, 0.29) is 6.03 Å². The maximum atomic E-state index is 11.3. The highest BCUT2D eigenvalue weighted by Crippen LogP contribution is 2.11. The van der Waals surface area contributed by atoms with E-state index in [0.717, 1.165) is 0 Å². The Bertz CT molecular complexity index is 351. The Morgan fingerprint density at radius 1 is 1.41 bits per heavy atom. The van der Waals surface area contributed by atoms with Gasteiger partial charge in [-0.25, -0.2) is 9.78 Å². The molecule has 0 saturated carbocycles. The summed E-state index contributed by atoms with van der Waals surface area (Å²) in [5.74, 6) is 0.505. The smallest absolute Gasteiger partial charge is 0.321 e. The normalized spacial score (nSPS) is 9.82. The number of hydrogen-bond acceptors (Lipinski definition) is 4. The lowest BCUT2D eigenvalue weighted by molar-refractivity contribution is 0.144. The first kappa shape index (κ1) is 13.2. The molecule has 17 heavy (non-hydrogen) atoms. The first-order valence-corrected chi connectivity index (χ1v) is 5.19. The van der Waals surface area contributed by atoms with E-state index >= 15 is 0 Å². The summed E-state index contributed by atoms with van der Waals surface area (Å²) in [6.07, 6.45) is 1.55. The minimum absolute atomic E-state index is 0.195. The van der Waals surface area contributed by atoms with Gasteiger partial charge in [-0.2, -0.15) is 0 Å². The van der Waals surface area contributed by atoms with Crippen LogP contribution < -0.4 is 10.1 Å². The predicted octanol–water partition coefficient (Wildman–Crippen LogP) is 1.20. The summed E-state index contributed by atoms with van der Waals surface area (Å²) in [6, 6.07) is 3.23. The van der Waals surface area contributed by atoms with Crippen molar-refractivity contribution in [3.63, 3.8) is 0 Å². The average molecular weight is 239 g/mol. The standard InChI is InChI=1S/C11H17N3O3/c1-14(2)11(15)13-9-4-5-10(12-8-9)17-7-6-16-3/h4-5,8H,6-7H2,1-3H3,(H,13,15). The lowest BCUT2D eigenvalue weighted by Gasteiger charge is -2.11. The zero-order valence-electron chi connectivity index (χ0n) is 10.3. The van der Waals surface area contributed by atoms with Crippen molar-refractivity contribution in [1.29, 1.82) is 0 Å². The Morgan fingerprint density at radius 2 is 2.18 bits per heavy atom. The summed E-state index contributed by atoms with van der Waals surface area (Å²) in [5, 5.41) is 2.68. The molecule has 0 spiro atoms. The second-order valence-corrected chi connectivity index (χ2v) is 3.55. The lowest BCUT2D eigenvalue weighted by atomic mass is 10.4. The molecule has 1 aromatic rings. The molecule has 0 atom stereocenters. The van der Waals surface area contributed by atoms with Crippen LogP contribution in [0.15, 0.2) is 18.3 Å². The van der Waals surface area contributed by atoms with Gasteiger partial charge in [0.25, 0.3) is 0 Å². The van der Waals surface area contributed by atoms with E-state index in [1.54, 1.807) is 39.5 Å². The second-order valence-electron chi connectivity index (χ2n) is 3.55. The Hall–Kier alpha value is -1.82. The molecule has 0 fully saturated rings. The van der Waals surface area contributed by atoms with Crippen molar-refractivity contribution in [3.8, 4) is 5.88 Å². The highest BCUT2D eigenvalue weighted by molar-refractivity contribution is 5.88. The van der Waals surface area contributed by atoms with E-state index < -0.39 is 0 Å². The molecule has 0 unspecified atom stereocenters. The topological polar surface area (TPSA) is 63.7 Å². The third-order valence-electron chi connectivity index (χ3n) is 1.93. The van der Waals surface area contributed by atoms with Crippen LogP contribution in [-0.4, -0.2) is 50.3 Å². The van der Waals surface area contributed by atoms with E-state index in [1.165, 1.54) is 4.90 Å². The van der Waals surface area contributed by atoms with Gasteiger partial charge in [-0.1, -0.05) is 0 Å². The van der Waals surface area contributed by atoms with Gasteiger partial charge in [-0.15, -0.1) is 0 Å². The number of rotatable bonds is 5. The summed E-state index contributed by atoms with van der Waals surface area (Å²) in [5.41, 5.74) is 0.628. The van der Waals surface area contributed by atoms with Gasteiger partial charge in [-0.3, -0.25) is 0 Å². The maximum absolute atomic E-state index is 11.3. The van der Waals surface area contributed by atoms with Crippen molar-refractivity contribution in [2.75, 3.05) is 39.7 Å². The van der Waals surface area contributed by atoms with Crippen LogP contribution in [0.3, 0.4) is 0 Å². The zero-order valence-corrected chi connectivity index (χ0v) is 10.3. The van der Waals surface area contributed by atoms with Crippen LogP contribution in [0.4, 0.5) is 10.5 Å². The molecule has 1 rings (SSSR count). The molecular weight excluding hydrogens is 222 g/mol. The summed E-state index contributed by atoms with van der Waals surface area (Å²) < 4.78 is 10.1. The van der Waals surface area contributed by atoms with Crippen LogP contribution in [0.5, 0.6) is 5.88 Å². The van der Waals surface area contributed by atoms with Crippen LogP contribution in [-0.2, 0) is 4.74 Å². The van der Waals surface area contributed by atoms with Crippen molar-refractivity contribution < 1.29 is 14.3 Å². The highest BCUT2D eigenvalue weighted by atomic mass is 16.5. The number of hydrogen-bond donors (Lipinski definition) is 1. The number of methoxy groups -OCH3 is 1. The molecule has 0 aliphatic rings. The molecular formula is C11H17N3O3. The van der Waals surface area contributed by atoms with Gasteiger partial charge in [0.15, 0.2) is 0 Å². The van der Waals surface area contributed by atoms with Crippen molar-refractivity contribution in [2.24, 2.45) is 0 Å². The van der Waals surface area contributed by atoms with Crippen molar-refractivity contribution in [3.05, 3.63) is 18.3 Å². The van der Waals surface area contributed by atoms with Gasteiger partial charge >= 0.3 is 6.03 Å². The summed E-state index contributed by atoms with van der Waals surface area (Å²) >= 11 is 0. The fourth-order valence-electron chi connectivity index (χ4n) is 1.00. The van der Waals surface area contributed by atoms with Gasteiger partial charge in [0.1, 0.15) is 6.61 Å². The molecule has 0 aliphatic heterocycles. The van der Waals surface area contributed by atoms with Crippen LogP contribution >= 0.6 is 0 Å². The van der Waals surface area contributed by atoms with Gasteiger partial charge in [-0.05, 0) is 6.07 Å².